The van der Waals surface area contributed by atoms with Crippen molar-refractivity contribution in [1.29, 1.82) is 0 Å². The van der Waals surface area contributed by atoms with Crippen molar-refractivity contribution >= 4 is 38.9 Å². The number of nitrogens with zero attached hydrogens (tertiary/aromatic N) is 1. The number of hydrogen-bond acceptors (Lipinski definition) is 3. The number of anilines is 2. The molecule has 128 valence electrons. The Balaban J connectivity index is 2.19. The fourth-order valence-corrected chi connectivity index (χ4v) is 4.74. The van der Waals surface area contributed by atoms with E-state index in [1.165, 1.54) is 4.31 Å². The quantitative estimate of drug-likeness (QED) is 0.873. The Bertz CT molecular complexity index is 672. The first kappa shape index (κ1) is 18.1. The molecular formula is C16H23ClN2O3S. The van der Waals surface area contributed by atoms with Crippen molar-refractivity contribution in [3.63, 3.8) is 0 Å². The third-order valence-corrected chi connectivity index (χ3v) is 6.35. The molecule has 0 aromatic heterocycles. The van der Waals surface area contributed by atoms with E-state index in [2.05, 4.69) is 5.32 Å². The molecule has 0 saturated carbocycles. The van der Waals surface area contributed by atoms with Crippen LogP contribution in [0.25, 0.3) is 0 Å². The summed E-state index contributed by atoms with van der Waals surface area (Å²) in [5, 5.41) is 3.18. The van der Waals surface area contributed by atoms with Gasteiger partial charge in [-0.25, -0.2) is 8.42 Å². The lowest BCUT2D eigenvalue weighted by Gasteiger charge is -2.29. The molecule has 23 heavy (non-hydrogen) atoms. The summed E-state index contributed by atoms with van der Waals surface area (Å²) in [6.45, 7) is 4.40. The molecule has 0 bridgehead atoms. The Hall–Kier alpha value is -1.27. The van der Waals surface area contributed by atoms with Crippen LogP contribution in [0.1, 0.15) is 39.5 Å². The molecule has 1 aliphatic rings. The van der Waals surface area contributed by atoms with Gasteiger partial charge in [0.05, 0.1) is 16.5 Å². The van der Waals surface area contributed by atoms with Gasteiger partial charge in [0.25, 0.3) is 0 Å². The number of benzene rings is 1. The molecule has 1 heterocycles. The summed E-state index contributed by atoms with van der Waals surface area (Å²) >= 11 is 6.26. The number of hydrogen-bond donors (Lipinski definition) is 1. The van der Waals surface area contributed by atoms with Gasteiger partial charge in [0.2, 0.25) is 15.9 Å². The zero-order valence-electron chi connectivity index (χ0n) is 13.5. The molecule has 2 rings (SSSR count). The number of amides is 1. The zero-order valence-corrected chi connectivity index (χ0v) is 15.1. The van der Waals surface area contributed by atoms with Gasteiger partial charge in [0.15, 0.2) is 0 Å². The van der Waals surface area contributed by atoms with Gasteiger partial charge in [-0.1, -0.05) is 25.4 Å². The highest BCUT2D eigenvalue weighted by molar-refractivity contribution is 7.92. The molecule has 5 nitrogen and oxygen atoms in total. The molecule has 0 unspecified atom stereocenters. The molecule has 0 spiro atoms. The Morgan fingerprint density at radius 3 is 2.57 bits per heavy atom. The minimum absolute atomic E-state index is 0.0316. The molecule has 1 aromatic carbocycles. The van der Waals surface area contributed by atoms with Crippen LogP contribution < -0.4 is 9.62 Å². The van der Waals surface area contributed by atoms with Gasteiger partial charge in [-0.15, -0.1) is 0 Å². The van der Waals surface area contributed by atoms with Crippen LogP contribution >= 0.6 is 11.6 Å². The van der Waals surface area contributed by atoms with Crippen molar-refractivity contribution in [3.05, 3.63) is 23.2 Å². The van der Waals surface area contributed by atoms with Gasteiger partial charge in [0.1, 0.15) is 0 Å². The minimum Gasteiger partial charge on any atom is -0.326 e. The van der Waals surface area contributed by atoms with E-state index in [0.29, 0.717) is 29.4 Å². The fourth-order valence-electron chi connectivity index (χ4n) is 2.75. The third kappa shape index (κ3) is 4.18. The van der Waals surface area contributed by atoms with E-state index in [1.807, 2.05) is 13.8 Å². The maximum absolute atomic E-state index is 12.2. The highest BCUT2D eigenvalue weighted by Gasteiger charge is 2.27. The van der Waals surface area contributed by atoms with E-state index >= 15 is 0 Å². The maximum atomic E-state index is 12.2. The highest BCUT2D eigenvalue weighted by Crippen LogP contribution is 2.33. The van der Waals surface area contributed by atoms with Crippen LogP contribution in [-0.4, -0.2) is 26.6 Å². The number of rotatable bonds is 5. The summed E-state index contributed by atoms with van der Waals surface area (Å²) in [7, 11) is -3.29. The number of carbonyl (C=O) groups excluding carboxylic acids is 1. The maximum Gasteiger partial charge on any atom is 0.235 e. The lowest BCUT2D eigenvalue weighted by molar-refractivity contribution is -0.120. The van der Waals surface area contributed by atoms with Gasteiger partial charge in [-0.3, -0.25) is 9.10 Å². The average molecular weight is 359 g/mol. The van der Waals surface area contributed by atoms with Gasteiger partial charge in [-0.05, 0) is 43.9 Å². The van der Waals surface area contributed by atoms with Crippen LogP contribution in [-0.2, 0) is 14.8 Å². The third-order valence-electron chi connectivity index (χ3n) is 4.19. The lowest BCUT2D eigenvalue weighted by atomic mass is 10.0. The monoisotopic (exact) mass is 358 g/mol. The SMILES string of the molecule is CCC(CC)C(=O)Nc1ccc(N2CCCCS2(=O)=O)c(Cl)c1. The van der Waals surface area contributed by atoms with Crippen LogP contribution in [0.2, 0.25) is 5.02 Å². The summed E-state index contributed by atoms with van der Waals surface area (Å²) in [5.74, 6) is 0.0802. The van der Waals surface area contributed by atoms with Gasteiger partial charge >= 0.3 is 0 Å². The molecule has 1 aliphatic heterocycles. The summed E-state index contributed by atoms with van der Waals surface area (Å²) in [6, 6.07) is 4.97. The van der Waals surface area contributed by atoms with E-state index in [4.69, 9.17) is 11.6 Å². The number of sulfonamides is 1. The van der Waals surface area contributed by atoms with Gasteiger partial charge < -0.3 is 5.32 Å². The van der Waals surface area contributed by atoms with Gasteiger partial charge in [0, 0.05) is 18.2 Å². The van der Waals surface area contributed by atoms with Crippen molar-refractivity contribution in [1.82, 2.24) is 0 Å². The number of nitrogens with one attached hydrogen (secondary N) is 1. The standard InChI is InChI=1S/C16H23ClN2O3S/c1-3-12(4-2)16(20)18-13-7-8-15(14(17)11-13)19-9-5-6-10-23(19,21)22/h7-8,11-12H,3-6,9-10H2,1-2H3,(H,18,20). The summed E-state index contributed by atoms with van der Waals surface area (Å²) in [4.78, 5) is 12.1. The molecule has 0 aliphatic carbocycles. The average Bonchev–Trinajstić information content (AvgIpc) is 2.49. The van der Waals surface area contributed by atoms with Crippen molar-refractivity contribution in [2.75, 3.05) is 21.9 Å². The predicted molar refractivity (Wildman–Crippen MR) is 94.5 cm³/mol. The predicted octanol–water partition coefficient (Wildman–Crippen LogP) is 3.64. The Labute approximate surface area is 143 Å². The smallest absolute Gasteiger partial charge is 0.235 e. The molecule has 1 fully saturated rings. The first-order chi connectivity index (χ1) is 10.9. The van der Waals surface area contributed by atoms with Crippen molar-refractivity contribution < 1.29 is 13.2 Å². The van der Waals surface area contributed by atoms with E-state index in [0.717, 1.165) is 19.3 Å². The zero-order chi connectivity index (χ0) is 17.0. The Kier molecular flexibility index (Phi) is 5.92. The van der Waals surface area contributed by atoms with E-state index < -0.39 is 10.0 Å². The van der Waals surface area contributed by atoms with Crippen molar-refractivity contribution in [2.24, 2.45) is 5.92 Å². The first-order valence-corrected chi connectivity index (χ1v) is 9.98. The molecule has 1 saturated heterocycles. The van der Waals surface area contributed by atoms with Crippen LogP contribution in [0.15, 0.2) is 18.2 Å². The first-order valence-electron chi connectivity index (χ1n) is 7.99. The summed E-state index contributed by atoms with van der Waals surface area (Å²) < 4.78 is 25.7. The van der Waals surface area contributed by atoms with E-state index in [1.54, 1.807) is 18.2 Å². The van der Waals surface area contributed by atoms with Crippen LogP contribution in [0.3, 0.4) is 0 Å². The van der Waals surface area contributed by atoms with Gasteiger partial charge in [-0.2, -0.15) is 0 Å². The molecule has 1 aromatic rings. The van der Waals surface area contributed by atoms with Crippen molar-refractivity contribution in [2.45, 2.75) is 39.5 Å². The molecule has 1 N–H and O–H groups in total. The van der Waals surface area contributed by atoms with E-state index in [-0.39, 0.29) is 17.6 Å². The number of halogens is 1. The van der Waals surface area contributed by atoms with Crippen molar-refractivity contribution in [3.8, 4) is 0 Å². The Morgan fingerprint density at radius 2 is 2.00 bits per heavy atom. The molecular weight excluding hydrogens is 336 g/mol. The largest absolute Gasteiger partial charge is 0.326 e. The second kappa shape index (κ2) is 7.53. The molecule has 7 heteroatoms. The molecule has 0 atom stereocenters. The highest BCUT2D eigenvalue weighted by atomic mass is 35.5. The second-order valence-electron chi connectivity index (χ2n) is 5.76. The van der Waals surface area contributed by atoms with Crippen LogP contribution in [0.5, 0.6) is 0 Å². The molecule has 1 amide bonds. The normalized spacial score (nSPS) is 17.3. The number of carbonyl (C=O) groups is 1. The van der Waals surface area contributed by atoms with Crippen LogP contribution in [0.4, 0.5) is 11.4 Å². The molecule has 0 radical (unpaired) electrons. The second-order valence-corrected chi connectivity index (χ2v) is 8.18. The van der Waals surface area contributed by atoms with E-state index in [9.17, 15) is 13.2 Å². The minimum atomic E-state index is -3.29. The van der Waals surface area contributed by atoms with Crippen LogP contribution in [0, 0.1) is 5.92 Å². The lowest BCUT2D eigenvalue weighted by Crippen LogP contribution is -2.38. The summed E-state index contributed by atoms with van der Waals surface area (Å²) in [6.07, 6.45) is 3.06. The fraction of sp³-hybridized carbons (Fsp3) is 0.562. The Morgan fingerprint density at radius 1 is 1.30 bits per heavy atom. The summed E-state index contributed by atoms with van der Waals surface area (Å²) in [5.41, 5.74) is 1.07. The topological polar surface area (TPSA) is 66.5 Å².